The standard InChI is InChI=1S/C16H18F3N3OS/c17-16(18,19)13-12(14(20)23)24-15(21)22(13)11-8-4-3-7-10(11)9-5-1-2-6-9/h3-4,7-9,15H,1-2,5-6,21H2,(H2,20,23). The summed E-state index contributed by atoms with van der Waals surface area (Å²) in [6.07, 6.45) is -0.696. The lowest BCUT2D eigenvalue weighted by molar-refractivity contribution is -0.115. The first-order valence-corrected chi connectivity index (χ1v) is 8.60. The van der Waals surface area contributed by atoms with Crippen molar-refractivity contribution in [1.82, 2.24) is 0 Å². The molecule has 0 bridgehead atoms. The van der Waals surface area contributed by atoms with Crippen molar-refractivity contribution >= 4 is 23.4 Å². The fourth-order valence-electron chi connectivity index (χ4n) is 3.45. The molecule has 1 aliphatic carbocycles. The van der Waals surface area contributed by atoms with E-state index in [-0.39, 0.29) is 5.92 Å². The van der Waals surface area contributed by atoms with Gasteiger partial charge in [-0.2, -0.15) is 13.2 Å². The minimum Gasteiger partial charge on any atom is -0.365 e. The zero-order chi connectivity index (χ0) is 17.5. The third kappa shape index (κ3) is 3.00. The number of para-hydroxylation sites is 1. The first-order valence-electron chi connectivity index (χ1n) is 7.72. The normalized spacial score (nSPS) is 22.5. The Bertz CT molecular complexity index is 683. The Hall–Kier alpha value is -1.67. The van der Waals surface area contributed by atoms with Crippen molar-refractivity contribution in [2.45, 2.75) is 43.3 Å². The number of anilines is 1. The van der Waals surface area contributed by atoms with Crippen LogP contribution in [0.25, 0.3) is 0 Å². The number of rotatable bonds is 3. The predicted octanol–water partition coefficient (Wildman–Crippen LogP) is 3.40. The maximum Gasteiger partial charge on any atom is 0.432 e. The highest BCUT2D eigenvalue weighted by molar-refractivity contribution is 8.04. The van der Waals surface area contributed by atoms with Gasteiger partial charge >= 0.3 is 6.18 Å². The maximum atomic E-state index is 13.6. The molecule has 1 amide bonds. The number of carbonyl (C=O) groups is 1. The summed E-state index contributed by atoms with van der Waals surface area (Å²) in [6, 6.07) is 6.97. The highest BCUT2D eigenvalue weighted by atomic mass is 32.2. The molecule has 4 nitrogen and oxygen atoms in total. The summed E-state index contributed by atoms with van der Waals surface area (Å²) in [7, 11) is 0. The summed E-state index contributed by atoms with van der Waals surface area (Å²) in [5.74, 6) is -0.894. The number of hydrogen-bond donors (Lipinski definition) is 2. The van der Waals surface area contributed by atoms with E-state index in [1.165, 1.54) is 0 Å². The van der Waals surface area contributed by atoms with Crippen LogP contribution in [-0.2, 0) is 4.79 Å². The van der Waals surface area contributed by atoms with E-state index in [1.54, 1.807) is 12.1 Å². The summed E-state index contributed by atoms with van der Waals surface area (Å²) < 4.78 is 40.8. The number of benzene rings is 1. The smallest absolute Gasteiger partial charge is 0.365 e. The van der Waals surface area contributed by atoms with Gasteiger partial charge in [-0.15, -0.1) is 0 Å². The zero-order valence-corrected chi connectivity index (χ0v) is 13.7. The monoisotopic (exact) mass is 357 g/mol. The van der Waals surface area contributed by atoms with Crippen molar-refractivity contribution in [2.75, 3.05) is 4.90 Å². The van der Waals surface area contributed by atoms with E-state index >= 15 is 0 Å². The van der Waals surface area contributed by atoms with Gasteiger partial charge in [0.05, 0.1) is 0 Å². The van der Waals surface area contributed by atoms with Gasteiger partial charge < -0.3 is 16.4 Å². The molecule has 1 saturated carbocycles. The van der Waals surface area contributed by atoms with Crippen LogP contribution >= 0.6 is 11.8 Å². The molecule has 1 aromatic carbocycles. The molecule has 0 saturated heterocycles. The van der Waals surface area contributed by atoms with Crippen molar-refractivity contribution in [3.05, 3.63) is 40.4 Å². The second-order valence-electron chi connectivity index (χ2n) is 5.96. The Kier molecular flexibility index (Phi) is 4.52. The van der Waals surface area contributed by atoms with Crippen LogP contribution in [0.3, 0.4) is 0 Å². The molecule has 0 spiro atoms. The number of halogens is 3. The number of hydrogen-bond acceptors (Lipinski definition) is 4. The van der Waals surface area contributed by atoms with Crippen molar-refractivity contribution in [3.63, 3.8) is 0 Å². The van der Waals surface area contributed by atoms with E-state index in [2.05, 4.69) is 0 Å². The lowest BCUT2D eigenvalue weighted by Gasteiger charge is -2.30. The number of nitrogens with two attached hydrogens (primary N) is 2. The number of carbonyl (C=O) groups excluding carboxylic acids is 1. The fourth-order valence-corrected chi connectivity index (χ4v) is 4.46. The third-order valence-corrected chi connectivity index (χ3v) is 5.52. The van der Waals surface area contributed by atoms with Gasteiger partial charge in [0.2, 0.25) is 0 Å². The van der Waals surface area contributed by atoms with Crippen molar-refractivity contribution in [2.24, 2.45) is 11.5 Å². The van der Waals surface area contributed by atoms with Crippen LogP contribution in [0.5, 0.6) is 0 Å². The molecule has 24 heavy (non-hydrogen) atoms. The average Bonchev–Trinajstić information content (AvgIpc) is 3.13. The minimum atomic E-state index is -4.71. The molecule has 1 aromatic rings. The molecule has 1 unspecified atom stereocenters. The van der Waals surface area contributed by atoms with Gasteiger partial charge in [0.25, 0.3) is 5.91 Å². The van der Waals surface area contributed by atoms with Crippen LogP contribution in [0, 0.1) is 0 Å². The number of allylic oxidation sites excluding steroid dienone is 1. The molecule has 1 aliphatic heterocycles. The predicted molar refractivity (Wildman–Crippen MR) is 88.0 cm³/mol. The molecule has 0 radical (unpaired) electrons. The summed E-state index contributed by atoms with van der Waals surface area (Å²) in [6.45, 7) is 0. The highest BCUT2D eigenvalue weighted by Crippen LogP contribution is 2.49. The number of nitrogens with zero attached hydrogens (tertiary/aromatic N) is 1. The molecule has 130 valence electrons. The molecule has 3 rings (SSSR count). The van der Waals surface area contributed by atoms with Gasteiger partial charge in [0.1, 0.15) is 16.1 Å². The van der Waals surface area contributed by atoms with E-state index in [9.17, 15) is 18.0 Å². The Balaban J connectivity index is 2.12. The molecule has 1 atom stereocenters. The molecule has 0 aromatic heterocycles. The van der Waals surface area contributed by atoms with Crippen LogP contribution in [0.1, 0.15) is 37.2 Å². The summed E-state index contributed by atoms with van der Waals surface area (Å²) in [5, 5.41) is 0. The number of amides is 1. The van der Waals surface area contributed by atoms with Crippen LogP contribution in [0.15, 0.2) is 34.9 Å². The van der Waals surface area contributed by atoms with Gasteiger partial charge in [0, 0.05) is 5.69 Å². The second kappa shape index (κ2) is 6.33. The SMILES string of the molecule is NC(=O)C1=C(C(F)(F)F)N(c2ccccc2C2CCCC2)C(N)S1. The zero-order valence-electron chi connectivity index (χ0n) is 12.8. The lowest BCUT2D eigenvalue weighted by Crippen LogP contribution is -2.40. The van der Waals surface area contributed by atoms with E-state index in [0.717, 1.165) is 36.1 Å². The van der Waals surface area contributed by atoms with Gasteiger partial charge in [0.15, 0.2) is 0 Å². The number of alkyl halides is 3. The van der Waals surface area contributed by atoms with Crippen LogP contribution < -0.4 is 16.4 Å². The largest absolute Gasteiger partial charge is 0.432 e. The van der Waals surface area contributed by atoms with E-state index in [0.29, 0.717) is 17.4 Å². The quantitative estimate of drug-likeness (QED) is 0.870. The van der Waals surface area contributed by atoms with Gasteiger partial charge in [-0.25, -0.2) is 0 Å². The Morgan fingerprint density at radius 2 is 1.83 bits per heavy atom. The molecular weight excluding hydrogens is 339 g/mol. The van der Waals surface area contributed by atoms with E-state index in [1.807, 2.05) is 12.1 Å². The van der Waals surface area contributed by atoms with Crippen molar-refractivity contribution in [3.8, 4) is 0 Å². The molecule has 2 aliphatic rings. The fraction of sp³-hybridized carbons (Fsp3) is 0.438. The number of primary amides is 1. The Labute approximate surface area is 142 Å². The lowest BCUT2D eigenvalue weighted by atomic mass is 9.95. The summed E-state index contributed by atoms with van der Waals surface area (Å²) in [4.78, 5) is 12.0. The van der Waals surface area contributed by atoms with Crippen LogP contribution in [-0.4, -0.2) is 17.6 Å². The molecular formula is C16H18F3N3OS. The van der Waals surface area contributed by atoms with Gasteiger partial charge in [-0.05, 0) is 30.4 Å². The van der Waals surface area contributed by atoms with Crippen molar-refractivity contribution in [1.29, 1.82) is 0 Å². The van der Waals surface area contributed by atoms with E-state index < -0.39 is 28.2 Å². The average molecular weight is 357 g/mol. The molecule has 4 N–H and O–H groups in total. The van der Waals surface area contributed by atoms with Gasteiger partial charge in [-0.1, -0.05) is 42.8 Å². The Morgan fingerprint density at radius 1 is 1.21 bits per heavy atom. The first-order chi connectivity index (χ1) is 11.3. The molecule has 8 heteroatoms. The molecule has 1 fully saturated rings. The topological polar surface area (TPSA) is 72.4 Å². The van der Waals surface area contributed by atoms with Gasteiger partial charge in [-0.3, -0.25) is 4.79 Å². The number of thioether (sulfide) groups is 1. The summed E-state index contributed by atoms with van der Waals surface area (Å²) in [5.41, 5.74) is 10.2. The van der Waals surface area contributed by atoms with Crippen molar-refractivity contribution < 1.29 is 18.0 Å². The second-order valence-corrected chi connectivity index (χ2v) is 7.09. The first kappa shape index (κ1) is 17.2. The third-order valence-electron chi connectivity index (χ3n) is 4.43. The summed E-state index contributed by atoms with van der Waals surface area (Å²) >= 11 is 0.652. The molecule has 1 heterocycles. The Morgan fingerprint density at radius 3 is 2.42 bits per heavy atom. The maximum absolute atomic E-state index is 13.6. The van der Waals surface area contributed by atoms with Crippen LogP contribution in [0.4, 0.5) is 18.9 Å². The highest BCUT2D eigenvalue weighted by Gasteiger charge is 2.49. The van der Waals surface area contributed by atoms with E-state index in [4.69, 9.17) is 11.5 Å². The van der Waals surface area contributed by atoms with Crippen LogP contribution in [0.2, 0.25) is 0 Å². The minimum absolute atomic E-state index is 0.213.